The zero-order valence-corrected chi connectivity index (χ0v) is 20.8. The van der Waals surface area contributed by atoms with Crippen LogP contribution in [0.15, 0.2) is 5.57 Å². The number of allylic oxidation sites excluding steroid dienone is 1. The molecule has 10 radical (unpaired) electrons. The minimum atomic E-state index is -0.382. The van der Waals surface area contributed by atoms with E-state index in [9.17, 15) is 0 Å². The third-order valence-corrected chi connectivity index (χ3v) is 4.87. The monoisotopic (exact) mass is 476 g/mol. The molecule has 0 aromatic rings. The van der Waals surface area contributed by atoms with Gasteiger partial charge in [-0.3, -0.25) is 5.57 Å². The predicted octanol–water partition coefficient (Wildman–Crippen LogP) is 5.63. The average molecular weight is 478 g/mol. The van der Waals surface area contributed by atoms with Crippen LogP contribution >= 0.6 is 11.6 Å². The molecule has 2 aliphatic carbocycles. The molecule has 28 heavy (non-hydrogen) atoms. The minimum Gasteiger partial charge on any atom is -0.465 e. The van der Waals surface area contributed by atoms with Gasteiger partial charge in [-0.15, -0.1) is 11.6 Å². The van der Waals surface area contributed by atoms with Crippen LogP contribution in [-0.2, 0) is 35.5 Å². The Kier molecular flexibility index (Phi) is 16.2. The van der Waals surface area contributed by atoms with Crippen molar-refractivity contribution in [3.05, 3.63) is 82.7 Å². The molecule has 0 spiro atoms. The molecule has 1 heterocycles. The largest absolute Gasteiger partial charge is 4.00 e. The number of halogens is 1. The number of rotatable bonds is 5. The van der Waals surface area contributed by atoms with Crippen LogP contribution in [-0.4, -0.2) is 24.2 Å². The van der Waals surface area contributed by atoms with Crippen molar-refractivity contribution in [1.29, 1.82) is 0 Å². The molecule has 0 N–H and O–H groups in total. The molecule has 2 saturated carbocycles. The van der Waals surface area contributed by atoms with E-state index >= 15 is 0 Å². The Labute approximate surface area is 200 Å². The Morgan fingerprint density at radius 3 is 1.50 bits per heavy atom. The van der Waals surface area contributed by atoms with Gasteiger partial charge in [0.1, 0.15) is 0 Å². The predicted molar refractivity (Wildman–Crippen MR) is 116 cm³/mol. The molecule has 3 fully saturated rings. The standard InChI is InChI=1S/C13H22BClO2.2C5H5.Zr/c1-6-11(8-7-9-15)10-14-16-12(2,3)13(4,5)17-14;2*1-2-4-5-3-1;/h1,6-9H2,2-5H3;2*1-5H;/q-2;;;+4. The number of hydrogen-bond donors (Lipinski definition) is 0. The first-order valence-electron chi connectivity index (χ1n) is 9.48. The molecule has 2 nitrogen and oxygen atoms in total. The van der Waals surface area contributed by atoms with Gasteiger partial charge >= 0.3 is 26.2 Å². The first kappa shape index (κ1) is 28.9. The van der Waals surface area contributed by atoms with Gasteiger partial charge < -0.3 is 22.2 Å². The first-order chi connectivity index (χ1) is 12.8. The van der Waals surface area contributed by atoms with Crippen LogP contribution in [0.5, 0.6) is 0 Å². The van der Waals surface area contributed by atoms with Gasteiger partial charge in [-0.05, 0) is 98.3 Å². The van der Waals surface area contributed by atoms with Crippen LogP contribution < -0.4 is 0 Å². The maximum Gasteiger partial charge on any atom is 4.00 e. The molecule has 0 unspecified atom stereocenters. The van der Waals surface area contributed by atoms with Gasteiger partial charge in [0.25, 0.3) is 7.12 Å². The summed E-state index contributed by atoms with van der Waals surface area (Å²) in [4.78, 5) is 0. The Bertz CT molecular complexity index is 378. The Morgan fingerprint density at radius 1 is 0.857 bits per heavy atom. The van der Waals surface area contributed by atoms with Crippen molar-refractivity contribution >= 4 is 18.7 Å². The fourth-order valence-electron chi connectivity index (χ4n) is 2.26. The normalized spacial score (nSPS) is 22.6. The van der Waals surface area contributed by atoms with Gasteiger partial charge in [0.05, 0.1) is 11.2 Å². The van der Waals surface area contributed by atoms with Gasteiger partial charge in [-0.25, -0.2) is 0 Å². The minimum absolute atomic E-state index is 0. The van der Waals surface area contributed by atoms with Gasteiger partial charge in [0, 0.05) is 5.88 Å². The second-order valence-corrected chi connectivity index (χ2v) is 7.68. The third-order valence-electron chi connectivity index (χ3n) is 4.60. The number of alkyl halides is 1. The van der Waals surface area contributed by atoms with Gasteiger partial charge in [-0.2, -0.15) is 6.42 Å². The van der Waals surface area contributed by atoms with Crippen LogP contribution in [0.2, 0.25) is 0 Å². The molecule has 0 aromatic carbocycles. The summed E-state index contributed by atoms with van der Waals surface area (Å²) in [6.45, 7) is 12.1. The van der Waals surface area contributed by atoms with Crippen molar-refractivity contribution in [3.8, 4) is 0 Å². The average Bonchev–Trinajstić information content (AvgIpc) is 3.37. The van der Waals surface area contributed by atoms with Crippen LogP contribution in [0.1, 0.15) is 47.0 Å². The third kappa shape index (κ3) is 11.3. The van der Waals surface area contributed by atoms with Crippen molar-refractivity contribution in [3.63, 3.8) is 0 Å². The summed E-state index contributed by atoms with van der Waals surface area (Å²) in [6.07, 6.45) is 22.6. The van der Waals surface area contributed by atoms with Gasteiger partial charge in [0.15, 0.2) is 0 Å². The van der Waals surface area contributed by atoms with Crippen molar-refractivity contribution in [2.45, 2.75) is 58.2 Å². The molecule has 3 aliphatic rings. The molecule has 1 saturated heterocycles. The molecular weight excluding hydrogens is 446 g/mol. The molecule has 148 valence electrons. The Morgan fingerprint density at radius 2 is 1.21 bits per heavy atom. The van der Waals surface area contributed by atoms with Crippen LogP contribution in [0.4, 0.5) is 0 Å². The van der Waals surface area contributed by atoms with Crippen molar-refractivity contribution in [2.75, 3.05) is 5.88 Å². The Balaban J connectivity index is 0.000000535. The van der Waals surface area contributed by atoms with E-state index in [0.29, 0.717) is 5.88 Å². The smallest absolute Gasteiger partial charge is 0.465 e. The maximum atomic E-state index is 5.86. The van der Waals surface area contributed by atoms with Crippen molar-refractivity contribution in [1.82, 2.24) is 0 Å². The summed E-state index contributed by atoms with van der Waals surface area (Å²) in [6, 6.07) is 0. The summed E-state index contributed by atoms with van der Waals surface area (Å²) in [5, 5.41) is 0. The van der Waals surface area contributed by atoms with E-state index in [-0.39, 0.29) is 44.5 Å². The summed E-state index contributed by atoms with van der Waals surface area (Å²) in [5.74, 6) is 3.92. The molecule has 0 atom stereocenters. The summed E-state index contributed by atoms with van der Waals surface area (Å²) >= 11 is 5.69. The quantitative estimate of drug-likeness (QED) is 0.290. The topological polar surface area (TPSA) is 18.5 Å². The van der Waals surface area contributed by atoms with E-state index in [1.165, 1.54) is 0 Å². The molecule has 3 rings (SSSR count). The number of hydrogen-bond acceptors (Lipinski definition) is 2. The zero-order valence-electron chi connectivity index (χ0n) is 17.6. The summed E-state index contributed by atoms with van der Waals surface area (Å²) in [5.41, 5.74) is 0.525. The van der Waals surface area contributed by atoms with E-state index in [1.807, 2.05) is 91.9 Å². The first-order valence-corrected chi connectivity index (χ1v) is 10.0. The van der Waals surface area contributed by atoms with E-state index < -0.39 is 0 Å². The van der Waals surface area contributed by atoms with E-state index in [4.69, 9.17) is 20.9 Å². The fraction of sp³-hybridized carbons (Fsp3) is 0.435. The fourth-order valence-corrected chi connectivity index (χ4v) is 2.39. The van der Waals surface area contributed by atoms with Crippen LogP contribution in [0.3, 0.4) is 0 Å². The second-order valence-electron chi connectivity index (χ2n) is 7.30. The van der Waals surface area contributed by atoms with E-state index in [0.717, 1.165) is 24.8 Å². The van der Waals surface area contributed by atoms with Crippen LogP contribution in [0, 0.1) is 77.1 Å². The van der Waals surface area contributed by atoms with E-state index in [1.54, 1.807) is 0 Å². The molecule has 5 heteroatoms. The van der Waals surface area contributed by atoms with E-state index in [2.05, 4.69) is 12.9 Å². The molecule has 1 aliphatic heterocycles. The van der Waals surface area contributed by atoms with Gasteiger partial charge in [-0.1, -0.05) is 6.42 Å². The SMILES string of the molecule is [CH2-]CC(=[C-]B1OC(C)(C)C(C)(C)O1)CCCCl.[CH]1[CH][CH][CH][CH]1.[CH]1[CH][CH][CH][CH]1.[Zr+4]. The van der Waals surface area contributed by atoms with Crippen molar-refractivity contribution < 1.29 is 35.5 Å². The maximum absolute atomic E-state index is 5.86. The van der Waals surface area contributed by atoms with Crippen molar-refractivity contribution in [2.24, 2.45) is 0 Å². The summed E-state index contributed by atoms with van der Waals surface area (Å²) in [7, 11) is -0.382. The molecule has 0 aromatic heterocycles. The zero-order chi connectivity index (χ0) is 20.2. The van der Waals surface area contributed by atoms with Crippen LogP contribution in [0.25, 0.3) is 0 Å². The molecular formula is C23H32BClO2Zr+2. The summed E-state index contributed by atoms with van der Waals surface area (Å²) < 4.78 is 11.7. The van der Waals surface area contributed by atoms with Gasteiger partial charge in [0.2, 0.25) is 0 Å². The second kappa shape index (κ2) is 15.7. The molecule has 0 bridgehead atoms. The Hall–Kier alpha value is 0.898. The molecule has 0 amide bonds.